The lowest BCUT2D eigenvalue weighted by atomic mass is 10.2. The van der Waals surface area contributed by atoms with Crippen LogP contribution >= 0.6 is 11.8 Å². The number of fused-ring (bicyclic) bond motifs is 1. The molecule has 0 aliphatic carbocycles. The molecule has 4 rings (SSSR count). The van der Waals surface area contributed by atoms with Crippen LogP contribution in [0.15, 0.2) is 70.2 Å². The third-order valence-electron chi connectivity index (χ3n) is 4.15. The van der Waals surface area contributed by atoms with Gasteiger partial charge in [0.05, 0.1) is 6.26 Å². The first-order valence-corrected chi connectivity index (χ1v) is 9.69. The molecule has 0 spiro atoms. The molecule has 5 nitrogen and oxygen atoms in total. The van der Waals surface area contributed by atoms with E-state index in [0.29, 0.717) is 37.0 Å². The van der Waals surface area contributed by atoms with Crippen molar-refractivity contribution < 1.29 is 18.7 Å². The average Bonchev–Trinajstić information content (AvgIpc) is 3.20. The number of carbonyl (C=O) groups excluding carboxylic acids is 1. The van der Waals surface area contributed by atoms with E-state index in [9.17, 15) is 4.79 Å². The monoisotopic (exact) mass is 381 g/mol. The van der Waals surface area contributed by atoms with Crippen LogP contribution < -0.4 is 14.8 Å². The Labute approximate surface area is 161 Å². The van der Waals surface area contributed by atoms with Gasteiger partial charge < -0.3 is 19.2 Å². The fourth-order valence-electron chi connectivity index (χ4n) is 2.79. The van der Waals surface area contributed by atoms with Gasteiger partial charge in [-0.2, -0.15) is 0 Å². The van der Waals surface area contributed by atoms with Gasteiger partial charge in [0.1, 0.15) is 13.2 Å². The topological polar surface area (TPSA) is 60.7 Å². The van der Waals surface area contributed by atoms with Crippen LogP contribution in [-0.4, -0.2) is 19.1 Å². The maximum Gasteiger partial charge on any atom is 0.287 e. The minimum Gasteiger partial charge on any atom is -0.486 e. The van der Waals surface area contributed by atoms with Crippen LogP contribution in [0, 0.1) is 0 Å². The molecule has 1 aromatic heterocycles. The molecular weight excluding hydrogens is 362 g/mol. The summed E-state index contributed by atoms with van der Waals surface area (Å²) in [6.07, 6.45) is 1.56. The number of thioether (sulfide) groups is 1. The number of benzene rings is 2. The largest absolute Gasteiger partial charge is 0.486 e. The van der Waals surface area contributed by atoms with Crippen LogP contribution in [0.3, 0.4) is 0 Å². The van der Waals surface area contributed by atoms with Crippen LogP contribution in [0.1, 0.15) is 21.7 Å². The summed E-state index contributed by atoms with van der Waals surface area (Å²) in [5, 5.41) is 2.91. The maximum absolute atomic E-state index is 12.5. The highest BCUT2D eigenvalue weighted by molar-refractivity contribution is 7.98. The third-order valence-corrected chi connectivity index (χ3v) is 5.21. The molecule has 27 heavy (non-hydrogen) atoms. The summed E-state index contributed by atoms with van der Waals surface area (Å²) in [6.45, 7) is 1.49. The highest BCUT2D eigenvalue weighted by Crippen LogP contribution is 2.30. The van der Waals surface area contributed by atoms with Gasteiger partial charge in [0.25, 0.3) is 5.91 Å². The first-order valence-electron chi connectivity index (χ1n) is 8.70. The molecule has 1 aliphatic heterocycles. The van der Waals surface area contributed by atoms with E-state index in [-0.39, 0.29) is 5.91 Å². The maximum atomic E-state index is 12.5. The zero-order valence-corrected chi connectivity index (χ0v) is 15.5. The molecule has 0 atom stereocenters. The van der Waals surface area contributed by atoms with Crippen molar-refractivity contribution in [2.45, 2.75) is 17.2 Å². The molecule has 0 unspecified atom stereocenters. The molecule has 1 N–H and O–H groups in total. The van der Waals surface area contributed by atoms with Gasteiger partial charge >= 0.3 is 0 Å². The zero-order chi connectivity index (χ0) is 18.5. The van der Waals surface area contributed by atoms with Crippen molar-refractivity contribution in [2.24, 2.45) is 0 Å². The van der Waals surface area contributed by atoms with Crippen LogP contribution in [0.5, 0.6) is 11.5 Å². The van der Waals surface area contributed by atoms with Gasteiger partial charge in [-0.05, 0) is 35.9 Å². The van der Waals surface area contributed by atoms with E-state index in [1.807, 2.05) is 54.6 Å². The highest BCUT2D eigenvalue weighted by Gasteiger charge is 2.16. The van der Waals surface area contributed by atoms with Gasteiger partial charge in [-0.3, -0.25) is 4.79 Å². The summed E-state index contributed by atoms with van der Waals surface area (Å²) in [5.74, 6) is 2.26. The van der Waals surface area contributed by atoms with E-state index >= 15 is 0 Å². The van der Waals surface area contributed by atoms with Crippen LogP contribution in [0.4, 0.5) is 0 Å². The minimum atomic E-state index is -0.224. The fourth-order valence-corrected chi connectivity index (χ4v) is 3.69. The number of furan rings is 1. The normalized spacial score (nSPS) is 12.6. The number of rotatable bonds is 6. The molecule has 0 radical (unpaired) electrons. The van der Waals surface area contributed by atoms with Crippen molar-refractivity contribution in [1.29, 1.82) is 0 Å². The van der Waals surface area contributed by atoms with E-state index in [1.165, 1.54) is 0 Å². The molecule has 0 fully saturated rings. The second kappa shape index (κ2) is 8.22. The first kappa shape index (κ1) is 17.5. The number of nitrogens with one attached hydrogen (secondary N) is 1. The second-order valence-corrected chi connectivity index (χ2v) is 7.09. The molecule has 3 aromatic rings. The van der Waals surface area contributed by atoms with Crippen LogP contribution in [0.25, 0.3) is 0 Å². The zero-order valence-electron chi connectivity index (χ0n) is 14.6. The summed E-state index contributed by atoms with van der Waals surface area (Å²) in [4.78, 5) is 13.7. The molecule has 1 amide bonds. The molecule has 0 bridgehead atoms. The summed E-state index contributed by atoms with van der Waals surface area (Å²) < 4.78 is 16.5. The van der Waals surface area contributed by atoms with E-state index < -0.39 is 0 Å². The van der Waals surface area contributed by atoms with Gasteiger partial charge in [-0.1, -0.05) is 24.3 Å². The summed E-state index contributed by atoms with van der Waals surface area (Å²) in [7, 11) is 0. The highest BCUT2D eigenvalue weighted by atomic mass is 32.2. The standard InChI is InChI=1S/C21H19NO4S/c23-21(22-13-15-6-7-18-19(12-15)25-11-10-24-18)20-16(8-9-26-20)14-27-17-4-2-1-3-5-17/h1-9,12H,10-11,13-14H2,(H,22,23). The first-order chi connectivity index (χ1) is 13.3. The molecular formula is C21H19NO4S. The number of amides is 1. The fraction of sp³-hybridized carbons (Fsp3) is 0.190. The smallest absolute Gasteiger partial charge is 0.287 e. The van der Waals surface area contributed by atoms with Crippen molar-refractivity contribution in [3.63, 3.8) is 0 Å². The lowest BCUT2D eigenvalue weighted by molar-refractivity contribution is 0.0922. The molecule has 2 heterocycles. The number of ether oxygens (including phenoxy) is 2. The summed E-state index contributed by atoms with van der Waals surface area (Å²) >= 11 is 1.67. The van der Waals surface area contributed by atoms with Crippen molar-refractivity contribution >= 4 is 17.7 Å². The minimum absolute atomic E-state index is 0.224. The SMILES string of the molecule is O=C(NCc1ccc2c(c1)OCCO2)c1occc1CSc1ccccc1. The predicted octanol–water partition coefficient (Wildman–Crippen LogP) is 4.27. The van der Waals surface area contributed by atoms with Gasteiger partial charge in [-0.15, -0.1) is 11.8 Å². The molecule has 138 valence electrons. The Morgan fingerprint density at radius 1 is 1.00 bits per heavy atom. The molecule has 2 aromatic carbocycles. The lowest BCUT2D eigenvalue weighted by Gasteiger charge is -2.18. The van der Waals surface area contributed by atoms with Crippen molar-refractivity contribution in [2.75, 3.05) is 13.2 Å². The second-order valence-electron chi connectivity index (χ2n) is 6.04. The number of hydrogen-bond acceptors (Lipinski definition) is 5. The molecule has 1 aliphatic rings. The Bertz CT molecular complexity index is 923. The van der Waals surface area contributed by atoms with E-state index in [1.54, 1.807) is 18.0 Å². The van der Waals surface area contributed by atoms with E-state index in [4.69, 9.17) is 13.9 Å². The molecule has 0 saturated heterocycles. The third kappa shape index (κ3) is 4.28. The summed E-state index contributed by atoms with van der Waals surface area (Å²) in [6, 6.07) is 17.6. The Kier molecular flexibility index (Phi) is 5.34. The van der Waals surface area contributed by atoms with Crippen molar-refractivity contribution in [1.82, 2.24) is 5.32 Å². The van der Waals surface area contributed by atoms with Crippen molar-refractivity contribution in [3.8, 4) is 11.5 Å². The average molecular weight is 381 g/mol. The van der Waals surface area contributed by atoms with Gasteiger partial charge in [-0.25, -0.2) is 0 Å². The van der Waals surface area contributed by atoms with Gasteiger partial charge in [0.15, 0.2) is 17.3 Å². The van der Waals surface area contributed by atoms with E-state index in [2.05, 4.69) is 5.32 Å². The quantitative estimate of drug-likeness (QED) is 0.646. The summed E-state index contributed by atoms with van der Waals surface area (Å²) in [5.41, 5.74) is 1.82. The van der Waals surface area contributed by atoms with Crippen LogP contribution in [0.2, 0.25) is 0 Å². The van der Waals surface area contributed by atoms with E-state index in [0.717, 1.165) is 21.8 Å². The Balaban J connectivity index is 1.37. The molecule has 6 heteroatoms. The number of hydrogen-bond donors (Lipinski definition) is 1. The van der Waals surface area contributed by atoms with Gasteiger partial charge in [0, 0.05) is 22.8 Å². The predicted molar refractivity (Wildman–Crippen MR) is 103 cm³/mol. The Morgan fingerprint density at radius 3 is 2.67 bits per heavy atom. The number of carbonyl (C=O) groups is 1. The Morgan fingerprint density at radius 2 is 1.81 bits per heavy atom. The molecule has 0 saturated carbocycles. The van der Waals surface area contributed by atoms with Crippen LogP contribution in [-0.2, 0) is 12.3 Å². The lowest BCUT2D eigenvalue weighted by Crippen LogP contribution is -2.23. The van der Waals surface area contributed by atoms with Gasteiger partial charge in [0.2, 0.25) is 0 Å². The Hall–Kier alpha value is -2.86. The van der Waals surface area contributed by atoms with Crippen molar-refractivity contribution in [3.05, 3.63) is 77.7 Å².